The summed E-state index contributed by atoms with van der Waals surface area (Å²) in [7, 11) is 3.78. The molecule has 0 unspecified atom stereocenters. The number of aromatic nitrogens is 2. The maximum absolute atomic E-state index is 11.2. The fraction of sp³-hybridized carbons (Fsp3) is 0.667. The molecular weight excluding hydrogens is 230 g/mol. The van der Waals surface area contributed by atoms with Gasteiger partial charge in [0, 0.05) is 19.3 Å². The van der Waals surface area contributed by atoms with E-state index in [9.17, 15) is 4.79 Å². The quantitative estimate of drug-likeness (QED) is 0.799. The van der Waals surface area contributed by atoms with Crippen molar-refractivity contribution in [2.75, 3.05) is 32.5 Å². The molecule has 0 aromatic carbocycles. The number of piperidine rings is 1. The van der Waals surface area contributed by atoms with Crippen LogP contribution < -0.4 is 10.6 Å². The molecule has 2 N–H and O–H groups in total. The minimum absolute atomic E-state index is 0.0380. The second-order valence-electron chi connectivity index (χ2n) is 4.82. The molecule has 1 fully saturated rings. The Morgan fingerprint density at radius 1 is 1.50 bits per heavy atom. The van der Waals surface area contributed by atoms with E-state index in [0.29, 0.717) is 6.04 Å². The number of amides is 1. The molecule has 0 saturated carbocycles. The minimum atomic E-state index is -0.0380. The lowest BCUT2D eigenvalue weighted by Crippen LogP contribution is -2.36. The zero-order valence-electron chi connectivity index (χ0n) is 11.0. The molecule has 1 saturated heterocycles. The van der Waals surface area contributed by atoms with Crippen molar-refractivity contribution in [2.45, 2.75) is 25.4 Å². The average molecular weight is 251 g/mol. The van der Waals surface area contributed by atoms with E-state index in [2.05, 4.69) is 27.7 Å². The third kappa shape index (κ3) is 3.46. The van der Waals surface area contributed by atoms with Crippen molar-refractivity contribution in [1.82, 2.24) is 20.0 Å². The predicted molar refractivity (Wildman–Crippen MR) is 70.4 cm³/mol. The Kier molecular flexibility index (Phi) is 4.19. The first-order chi connectivity index (χ1) is 8.67. The van der Waals surface area contributed by atoms with Crippen LogP contribution in [0.15, 0.2) is 12.4 Å². The summed E-state index contributed by atoms with van der Waals surface area (Å²) in [6, 6.07) is 0.513. The summed E-state index contributed by atoms with van der Waals surface area (Å²) >= 11 is 0. The van der Waals surface area contributed by atoms with Gasteiger partial charge in [-0.1, -0.05) is 0 Å². The summed E-state index contributed by atoms with van der Waals surface area (Å²) in [4.78, 5) is 13.6. The molecule has 1 amide bonds. The van der Waals surface area contributed by atoms with Gasteiger partial charge in [-0.25, -0.2) is 0 Å². The second kappa shape index (κ2) is 5.86. The number of hydrogen-bond acceptors (Lipinski definition) is 4. The Morgan fingerprint density at radius 3 is 2.89 bits per heavy atom. The Labute approximate surface area is 107 Å². The highest BCUT2D eigenvalue weighted by Gasteiger charge is 2.16. The molecule has 1 aliphatic heterocycles. The van der Waals surface area contributed by atoms with Crippen LogP contribution in [0.3, 0.4) is 0 Å². The van der Waals surface area contributed by atoms with E-state index in [1.807, 2.05) is 6.20 Å². The first-order valence-electron chi connectivity index (χ1n) is 6.35. The molecule has 0 aliphatic carbocycles. The molecule has 2 rings (SSSR count). The monoisotopic (exact) mass is 251 g/mol. The van der Waals surface area contributed by atoms with Crippen LogP contribution in [0.25, 0.3) is 0 Å². The molecule has 6 nitrogen and oxygen atoms in total. The van der Waals surface area contributed by atoms with E-state index in [1.165, 1.54) is 0 Å². The standard InChI is InChI=1S/C12H21N5O/c1-13-12(18)9-17-8-11(7-14-17)15-10-3-5-16(2)6-4-10/h7-8,10,15H,3-6,9H2,1-2H3,(H,13,18). The molecule has 2 heterocycles. The lowest BCUT2D eigenvalue weighted by atomic mass is 10.1. The maximum atomic E-state index is 11.2. The first kappa shape index (κ1) is 12.9. The highest BCUT2D eigenvalue weighted by Crippen LogP contribution is 2.15. The average Bonchev–Trinajstić information content (AvgIpc) is 2.79. The number of carbonyl (C=O) groups excluding carboxylic acids is 1. The normalized spacial score (nSPS) is 17.7. The summed E-state index contributed by atoms with van der Waals surface area (Å²) in [6.07, 6.45) is 5.96. The van der Waals surface area contributed by atoms with Crippen LogP contribution in [0.1, 0.15) is 12.8 Å². The van der Waals surface area contributed by atoms with Gasteiger partial charge in [0.25, 0.3) is 0 Å². The summed E-state index contributed by atoms with van der Waals surface area (Å²) in [5.74, 6) is -0.0380. The first-order valence-corrected chi connectivity index (χ1v) is 6.35. The zero-order valence-corrected chi connectivity index (χ0v) is 11.0. The third-order valence-electron chi connectivity index (χ3n) is 3.31. The van der Waals surface area contributed by atoms with Gasteiger partial charge in [0.15, 0.2) is 0 Å². The van der Waals surface area contributed by atoms with Crippen molar-refractivity contribution in [2.24, 2.45) is 0 Å². The smallest absolute Gasteiger partial charge is 0.241 e. The molecule has 0 atom stereocenters. The molecular formula is C12H21N5O. The van der Waals surface area contributed by atoms with E-state index < -0.39 is 0 Å². The van der Waals surface area contributed by atoms with Crippen LogP contribution in [0.5, 0.6) is 0 Å². The predicted octanol–water partition coefficient (Wildman–Crippen LogP) is 0.135. The van der Waals surface area contributed by atoms with E-state index in [-0.39, 0.29) is 12.5 Å². The number of nitrogens with zero attached hydrogens (tertiary/aromatic N) is 3. The van der Waals surface area contributed by atoms with Crippen LogP contribution in [0, 0.1) is 0 Å². The van der Waals surface area contributed by atoms with Gasteiger partial charge in [-0.2, -0.15) is 5.10 Å². The summed E-state index contributed by atoms with van der Waals surface area (Å²) in [5.41, 5.74) is 0.994. The van der Waals surface area contributed by atoms with Gasteiger partial charge in [0.05, 0.1) is 11.9 Å². The highest BCUT2D eigenvalue weighted by atomic mass is 16.1. The molecule has 1 aromatic rings. The fourth-order valence-electron chi connectivity index (χ4n) is 2.14. The Hall–Kier alpha value is -1.56. The topological polar surface area (TPSA) is 62.2 Å². The number of anilines is 1. The van der Waals surface area contributed by atoms with E-state index in [0.717, 1.165) is 31.6 Å². The lowest BCUT2D eigenvalue weighted by Gasteiger charge is -2.29. The molecule has 6 heteroatoms. The zero-order chi connectivity index (χ0) is 13.0. The third-order valence-corrected chi connectivity index (χ3v) is 3.31. The lowest BCUT2D eigenvalue weighted by molar-refractivity contribution is -0.121. The SMILES string of the molecule is CNC(=O)Cn1cc(NC2CCN(C)CC2)cn1. The van der Waals surface area contributed by atoms with Gasteiger partial charge < -0.3 is 15.5 Å². The van der Waals surface area contributed by atoms with Gasteiger partial charge in [0.2, 0.25) is 5.91 Å². The largest absolute Gasteiger partial charge is 0.380 e. The van der Waals surface area contributed by atoms with Crippen molar-refractivity contribution in [3.63, 3.8) is 0 Å². The maximum Gasteiger partial charge on any atom is 0.241 e. The highest BCUT2D eigenvalue weighted by molar-refractivity contribution is 5.75. The molecule has 0 bridgehead atoms. The van der Waals surface area contributed by atoms with Crippen molar-refractivity contribution in [3.05, 3.63) is 12.4 Å². The van der Waals surface area contributed by atoms with Crippen LogP contribution >= 0.6 is 0 Å². The molecule has 18 heavy (non-hydrogen) atoms. The molecule has 1 aromatic heterocycles. The van der Waals surface area contributed by atoms with Crippen LogP contribution in [0.4, 0.5) is 5.69 Å². The molecule has 100 valence electrons. The molecule has 0 radical (unpaired) electrons. The summed E-state index contributed by atoms with van der Waals surface area (Å²) in [5, 5.41) is 10.2. The fourth-order valence-corrected chi connectivity index (χ4v) is 2.14. The van der Waals surface area contributed by atoms with Gasteiger partial charge in [-0.15, -0.1) is 0 Å². The van der Waals surface area contributed by atoms with Gasteiger partial charge in [-0.05, 0) is 33.0 Å². The summed E-state index contributed by atoms with van der Waals surface area (Å²) < 4.78 is 1.65. The van der Waals surface area contributed by atoms with Gasteiger partial charge in [0.1, 0.15) is 6.54 Å². The number of hydrogen-bond donors (Lipinski definition) is 2. The van der Waals surface area contributed by atoms with Crippen molar-refractivity contribution in [1.29, 1.82) is 0 Å². The number of carbonyl (C=O) groups is 1. The van der Waals surface area contributed by atoms with E-state index >= 15 is 0 Å². The van der Waals surface area contributed by atoms with Gasteiger partial charge >= 0.3 is 0 Å². The van der Waals surface area contributed by atoms with Gasteiger partial charge in [-0.3, -0.25) is 9.48 Å². The second-order valence-corrected chi connectivity index (χ2v) is 4.82. The molecule has 0 spiro atoms. The van der Waals surface area contributed by atoms with Crippen molar-refractivity contribution >= 4 is 11.6 Å². The minimum Gasteiger partial charge on any atom is -0.380 e. The number of rotatable bonds is 4. The summed E-state index contributed by atoms with van der Waals surface area (Å²) in [6.45, 7) is 2.53. The van der Waals surface area contributed by atoms with Crippen molar-refractivity contribution < 1.29 is 4.79 Å². The van der Waals surface area contributed by atoms with Crippen LogP contribution in [-0.4, -0.2) is 53.8 Å². The van der Waals surface area contributed by atoms with E-state index in [1.54, 1.807) is 17.9 Å². The number of likely N-dealkylation sites (N-methyl/N-ethyl adjacent to an activating group) is 1. The Balaban J connectivity index is 1.84. The number of likely N-dealkylation sites (tertiary alicyclic amines) is 1. The Bertz CT molecular complexity index is 395. The van der Waals surface area contributed by atoms with E-state index in [4.69, 9.17) is 0 Å². The van der Waals surface area contributed by atoms with Crippen LogP contribution in [0.2, 0.25) is 0 Å². The van der Waals surface area contributed by atoms with Crippen molar-refractivity contribution in [3.8, 4) is 0 Å². The Morgan fingerprint density at radius 2 is 2.22 bits per heavy atom. The number of nitrogens with one attached hydrogen (secondary N) is 2. The molecule has 1 aliphatic rings. The van der Waals surface area contributed by atoms with Crippen LogP contribution in [-0.2, 0) is 11.3 Å².